The van der Waals surface area contributed by atoms with Crippen LogP contribution in [0.4, 0.5) is 18.9 Å². The van der Waals surface area contributed by atoms with E-state index in [0.29, 0.717) is 6.54 Å². The van der Waals surface area contributed by atoms with Gasteiger partial charge in [-0.05, 0) is 24.1 Å². The number of amides is 1. The number of aliphatic hydroxyl groups is 1. The van der Waals surface area contributed by atoms with Crippen LogP contribution < -0.4 is 10.2 Å². The fourth-order valence-electron chi connectivity index (χ4n) is 1.83. The number of nitrogens with one attached hydrogen (secondary N) is 1. The maximum atomic E-state index is 12.9. The van der Waals surface area contributed by atoms with Crippen LogP contribution in [0, 0.1) is 0 Å². The quantitative estimate of drug-likeness (QED) is 0.847. The van der Waals surface area contributed by atoms with Crippen LogP contribution in [0.25, 0.3) is 0 Å². The van der Waals surface area contributed by atoms with E-state index in [9.17, 15) is 18.0 Å². The summed E-state index contributed by atoms with van der Waals surface area (Å²) in [6, 6.07) is 3.62. The molecule has 2 N–H and O–H groups in total. The summed E-state index contributed by atoms with van der Waals surface area (Å²) in [7, 11) is 1.54. The Balaban J connectivity index is 2.90. The third kappa shape index (κ3) is 4.93. The molecular formula is C14H19F3N2O2. The van der Waals surface area contributed by atoms with Crippen LogP contribution in [-0.2, 0) is 17.6 Å². The topological polar surface area (TPSA) is 52.6 Å². The average molecular weight is 304 g/mol. The normalized spacial score (nSPS) is 11.3. The van der Waals surface area contributed by atoms with Crippen molar-refractivity contribution < 1.29 is 23.1 Å². The number of halogens is 3. The third-order valence-corrected chi connectivity index (χ3v) is 2.96. The second kappa shape index (κ2) is 7.31. The molecular weight excluding hydrogens is 285 g/mol. The van der Waals surface area contributed by atoms with Gasteiger partial charge in [0.2, 0.25) is 5.91 Å². The summed E-state index contributed by atoms with van der Waals surface area (Å²) < 4.78 is 38.7. The van der Waals surface area contributed by atoms with Crippen LogP contribution in [0.3, 0.4) is 0 Å². The maximum absolute atomic E-state index is 12.9. The lowest BCUT2D eigenvalue weighted by Crippen LogP contribution is -2.35. The average Bonchev–Trinajstić information content (AvgIpc) is 2.43. The van der Waals surface area contributed by atoms with Crippen molar-refractivity contribution in [2.75, 3.05) is 25.0 Å². The van der Waals surface area contributed by atoms with Crippen molar-refractivity contribution in [1.29, 1.82) is 0 Å². The molecule has 0 saturated carbocycles. The van der Waals surface area contributed by atoms with E-state index in [1.165, 1.54) is 17.0 Å². The van der Waals surface area contributed by atoms with Gasteiger partial charge in [-0.25, -0.2) is 0 Å². The highest BCUT2D eigenvalue weighted by atomic mass is 19.4. The van der Waals surface area contributed by atoms with Crippen LogP contribution in [0.1, 0.15) is 24.5 Å². The molecule has 1 rings (SSSR count). The van der Waals surface area contributed by atoms with Crippen molar-refractivity contribution in [3.8, 4) is 0 Å². The number of anilines is 1. The summed E-state index contributed by atoms with van der Waals surface area (Å²) in [6.07, 6.45) is -3.75. The SMILES string of the molecule is CCCNC(=O)CN(C)c1ccc(CO)c(C(F)(F)F)c1. The van der Waals surface area contributed by atoms with Gasteiger partial charge in [-0.15, -0.1) is 0 Å². The Kier molecular flexibility index (Phi) is 6.02. The molecule has 1 aromatic carbocycles. The number of nitrogens with zero attached hydrogens (tertiary/aromatic N) is 1. The molecule has 0 radical (unpaired) electrons. The number of aliphatic hydroxyl groups excluding tert-OH is 1. The molecule has 0 aromatic heterocycles. The van der Waals surface area contributed by atoms with Crippen molar-refractivity contribution in [1.82, 2.24) is 5.32 Å². The molecule has 118 valence electrons. The first kappa shape index (κ1) is 17.3. The Morgan fingerprint density at radius 2 is 2.05 bits per heavy atom. The first-order valence-corrected chi connectivity index (χ1v) is 6.58. The molecule has 1 aromatic rings. The number of carbonyl (C=O) groups is 1. The standard InChI is InChI=1S/C14H19F3N2O2/c1-3-6-18-13(21)8-19(2)11-5-4-10(9-20)12(7-11)14(15,16)17/h4-5,7,20H,3,6,8-9H2,1-2H3,(H,18,21). The molecule has 0 atom stereocenters. The molecule has 0 aliphatic carbocycles. The zero-order chi connectivity index (χ0) is 16.0. The van der Waals surface area contributed by atoms with E-state index < -0.39 is 18.3 Å². The van der Waals surface area contributed by atoms with Gasteiger partial charge in [0.25, 0.3) is 0 Å². The molecule has 0 aliphatic heterocycles. The minimum absolute atomic E-state index is 0.0320. The summed E-state index contributed by atoms with van der Waals surface area (Å²) in [5.41, 5.74) is -0.801. The van der Waals surface area contributed by atoms with Gasteiger partial charge in [0.15, 0.2) is 0 Å². The van der Waals surface area contributed by atoms with E-state index in [1.54, 1.807) is 7.05 Å². The van der Waals surface area contributed by atoms with E-state index in [1.807, 2.05) is 6.92 Å². The number of likely N-dealkylation sites (N-methyl/N-ethyl adjacent to an activating group) is 1. The Labute approximate surface area is 121 Å². The number of hydrogen-bond donors (Lipinski definition) is 2. The molecule has 4 nitrogen and oxygen atoms in total. The molecule has 0 heterocycles. The van der Waals surface area contributed by atoms with E-state index in [4.69, 9.17) is 5.11 Å². The van der Waals surface area contributed by atoms with Crippen LogP contribution in [-0.4, -0.2) is 31.2 Å². The van der Waals surface area contributed by atoms with Crippen LogP contribution in [0.5, 0.6) is 0 Å². The molecule has 0 saturated heterocycles. The fourth-order valence-corrected chi connectivity index (χ4v) is 1.83. The van der Waals surface area contributed by atoms with E-state index in [0.717, 1.165) is 12.5 Å². The van der Waals surface area contributed by atoms with Gasteiger partial charge < -0.3 is 15.3 Å². The Morgan fingerprint density at radius 1 is 1.38 bits per heavy atom. The fraction of sp³-hybridized carbons (Fsp3) is 0.500. The Bertz CT molecular complexity index is 490. The maximum Gasteiger partial charge on any atom is 0.416 e. The van der Waals surface area contributed by atoms with Crippen LogP contribution in [0.15, 0.2) is 18.2 Å². The third-order valence-electron chi connectivity index (χ3n) is 2.96. The van der Waals surface area contributed by atoms with Gasteiger partial charge in [0, 0.05) is 19.3 Å². The van der Waals surface area contributed by atoms with Crippen molar-refractivity contribution >= 4 is 11.6 Å². The van der Waals surface area contributed by atoms with Crippen molar-refractivity contribution in [2.45, 2.75) is 26.1 Å². The van der Waals surface area contributed by atoms with Crippen molar-refractivity contribution in [3.05, 3.63) is 29.3 Å². The number of carbonyl (C=O) groups excluding carboxylic acids is 1. The molecule has 1 amide bonds. The van der Waals surface area contributed by atoms with E-state index >= 15 is 0 Å². The number of hydrogen-bond acceptors (Lipinski definition) is 3. The van der Waals surface area contributed by atoms with Crippen molar-refractivity contribution in [3.63, 3.8) is 0 Å². The number of rotatable bonds is 6. The minimum atomic E-state index is -4.54. The molecule has 0 fully saturated rings. The molecule has 0 unspecified atom stereocenters. The lowest BCUT2D eigenvalue weighted by atomic mass is 10.1. The summed E-state index contributed by atoms with van der Waals surface area (Å²) in [6.45, 7) is 1.72. The lowest BCUT2D eigenvalue weighted by molar-refractivity contribution is -0.138. The van der Waals surface area contributed by atoms with Crippen LogP contribution in [0.2, 0.25) is 0 Å². The van der Waals surface area contributed by atoms with Gasteiger partial charge >= 0.3 is 6.18 Å². The molecule has 21 heavy (non-hydrogen) atoms. The zero-order valence-electron chi connectivity index (χ0n) is 12.0. The van der Waals surface area contributed by atoms with Gasteiger partial charge in [-0.3, -0.25) is 4.79 Å². The molecule has 0 bridgehead atoms. The highest BCUT2D eigenvalue weighted by Gasteiger charge is 2.33. The smallest absolute Gasteiger partial charge is 0.392 e. The Morgan fingerprint density at radius 3 is 2.57 bits per heavy atom. The summed E-state index contributed by atoms with van der Waals surface area (Å²) >= 11 is 0. The first-order chi connectivity index (χ1) is 9.79. The predicted octanol–water partition coefficient (Wildman–Crippen LogP) is 2.16. The predicted molar refractivity (Wildman–Crippen MR) is 73.9 cm³/mol. The van der Waals surface area contributed by atoms with Gasteiger partial charge in [0.05, 0.1) is 18.7 Å². The summed E-state index contributed by atoms with van der Waals surface area (Å²) in [5, 5.41) is 11.6. The minimum Gasteiger partial charge on any atom is -0.392 e. The molecule has 0 aliphatic rings. The first-order valence-electron chi connectivity index (χ1n) is 6.58. The highest BCUT2D eigenvalue weighted by Crippen LogP contribution is 2.34. The van der Waals surface area contributed by atoms with Gasteiger partial charge in [-0.1, -0.05) is 13.0 Å². The summed E-state index contributed by atoms with van der Waals surface area (Å²) in [4.78, 5) is 13.0. The second-order valence-corrected chi connectivity index (χ2v) is 4.70. The highest BCUT2D eigenvalue weighted by molar-refractivity contribution is 5.81. The molecule has 0 spiro atoms. The van der Waals surface area contributed by atoms with Gasteiger partial charge in [-0.2, -0.15) is 13.2 Å². The monoisotopic (exact) mass is 304 g/mol. The lowest BCUT2D eigenvalue weighted by Gasteiger charge is -2.21. The number of benzene rings is 1. The van der Waals surface area contributed by atoms with Crippen LogP contribution >= 0.6 is 0 Å². The second-order valence-electron chi connectivity index (χ2n) is 4.70. The largest absolute Gasteiger partial charge is 0.416 e. The van der Waals surface area contributed by atoms with Gasteiger partial charge in [0.1, 0.15) is 0 Å². The Hall–Kier alpha value is -1.76. The zero-order valence-corrected chi connectivity index (χ0v) is 12.0. The van der Waals surface area contributed by atoms with Crippen molar-refractivity contribution in [2.24, 2.45) is 0 Å². The number of alkyl halides is 3. The van der Waals surface area contributed by atoms with E-state index in [-0.39, 0.29) is 23.7 Å². The molecule has 7 heteroatoms. The summed E-state index contributed by atoms with van der Waals surface area (Å²) in [5.74, 6) is -0.251. The van der Waals surface area contributed by atoms with E-state index in [2.05, 4.69) is 5.32 Å².